The first-order chi connectivity index (χ1) is 19.1. The van der Waals surface area contributed by atoms with Crippen molar-refractivity contribution in [1.29, 1.82) is 0 Å². The highest BCUT2D eigenvalue weighted by Crippen LogP contribution is 2.23. The van der Waals surface area contributed by atoms with Crippen LogP contribution in [0.1, 0.15) is 213 Å². The van der Waals surface area contributed by atoms with Crippen LogP contribution in [0.3, 0.4) is 0 Å². The molecule has 0 aromatic rings. The Morgan fingerprint density at radius 3 is 1.05 bits per heavy atom. The fourth-order valence-corrected chi connectivity index (χ4v) is 5.88. The lowest BCUT2D eigenvalue weighted by Crippen LogP contribution is -2.21. The van der Waals surface area contributed by atoms with Gasteiger partial charge in [0.25, 0.3) is 0 Å². The molecule has 0 amide bonds. The predicted octanol–water partition coefficient (Wildman–Crippen LogP) is 11.1. The topological polar surface area (TPSA) is 57.2 Å². The fraction of sp³-hybridized carbons (Fsp3) is 0.944. The van der Waals surface area contributed by atoms with Crippen molar-refractivity contribution in [3.63, 3.8) is 0 Å². The average molecular weight is 550 g/mol. The summed E-state index contributed by atoms with van der Waals surface area (Å²) in [6.07, 6.45) is 37.8. The van der Waals surface area contributed by atoms with Crippen molar-refractivity contribution < 1.29 is 14.7 Å². The number of hydrogen-bond donors (Lipinski definition) is 0. The molecule has 1 atom stereocenters. The van der Waals surface area contributed by atoms with Gasteiger partial charge >= 0.3 is 0 Å². The number of Topliss-reactive ketones (excluding diaryl/α,β-unsaturated/α-hetero) is 1. The Morgan fingerprint density at radius 1 is 0.410 bits per heavy atom. The number of carbonyl (C=O) groups is 2. The van der Waals surface area contributed by atoms with Gasteiger partial charge in [-0.15, -0.1) is 0 Å². The van der Waals surface area contributed by atoms with Crippen molar-refractivity contribution in [2.24, 2.45) is 5.92 Å². The Hall–Kier alpha value is -0.860. The summed E-state index contributed by atoms with van der Waals surface area (Å²) in [5, 5.41) is 10.5. The highest BCUT2D eigenvalue weighted by molar-refractivity contribution is 5.80. The number of hydrogen-bond acceptors (Lipinski definition) is 3. The SMILES string of the molecule is CCCCCCCCCCCCCCCCCC(=O)C(CCCCCC)CCCCCCCCCCC(=O)[O-]. The van der Waals surface area contributed by atoms with E-state index in [1.807, 2.05) is 0 Å². The third-order valence-electron chi connectivity index (χ3n) is 8.57. The van der Waals surface area contributed by atoms with Gasteiger partial charge in [0.2, 0.25) is 0 Å². The molecule has 0 saturated heterocycles. The van der Waals surface area contributed by atoms with Crippen molar-refractivity contribution >= 4 is 11.8 Å². The number of aliphatic carboxylic acids is 1. The van der Waals surface area contributed by atoms with Crippen LogP contribution in [-0.2, 0) is 9.59 Å². The first-order valence-electron chi connectivity index (χ1n) is 17.8. The van der Waals surface area contributed by atoms with E-state index in [0.717, 1.165) is 44.9 Å². The minimum Gasteiger partial charge on any atom is -0.550 e. The van der Waals surface area contributed by atoms with Gasteiger partial charge in [-0.1, -0.05) is 174 Å². The van der Waals surface area contributed by atoms with E-state index in [4.69, 9.17) is 0 Å². The maximum Gasteiger partial charge on any atom is 0.135 e. The number of ketones is 1. The molecule has 39 heavy (non-hydrogen) atoms. The van der Waals surface area contributed by atoms with E-state index in [-0.39, 0.29) is 6.42 Å². The molecule has 0 saturated carbocycles. The summed E-state index contributed by atoms with van der Waals surface area (Å²) in [5.74, 6) is -0.0689. The van der Waals surface area contributed by atoms with Crippen LogP contribution in [0.4, 0.5) is 0 Å². The predicted molar refractivity (Wildman–Crippen MR) is 168 cm³/mol. The summed E-state index contributed by atoms with van der Waals surface area (Å²) in [5.41, 5.74) is 0. The molecule has 0 spiro atoms. The van der Waals surface area contributed by atoms with Crippen LogP contribution >= 0.6 is 0 Å². The standard InChI is InChI=1S/C36H70O3/c1-3-5-7-9-10-11-12-13-14-15-16-17-21-24-28-32-35(37)34(30-26-8-6-4-2)31-27-23-20-18-19-22-25-29-33-36(38)39/h34H,3-33H2,1-2H3,(H,38,39)/p-1. The maximum atomic E-state index is 13.0. The summed E-state index contributed by atoms with van der Waals surface area (Å²) in [6.45, 7) is 4.54. The van der Waals surface area contributed by atoms with E-state index in [2.05, 4.69) is 13.8 Å². The summed E-state index contributed by atoms with van der Waals surface area (Å²) in [6, 6.07) is 0. The van der Waals surface area contributed by atoms with E-state index in [0.29, 0.717) is 11.7 Å². The highest BCUT2D eigenvalue weighted by Gasteiger charge is 2.17. The molecule has 0 aromatic carbocycles. The maximum absolute atomic E-state index is 13.0. The summed E-state index contributed by atoms with van der Waals surface area (Å²) >= 11 is 0. The fourth-order valence-electron chi connectivity index (χ4n) is 5.88. The Morgan fingerprint density at radius 2 is 0.692 bits per heavy atom. The number of rotatable bonds is 33. The number of carboxylic acid groups (broad SMARTS) is 1. The first-order valence-corrected chi connectivity index (χ1v) is 17.8. The van der Waals surface area contributed by atoms with Crippen molar-refractivity contribution in [3.8, 4) is 0 Å². The molecule has 0 heterocycles. The third kappa shape index (κ3) is 29.9. The van der Waals surface area contributed by atoms with E-state index in [1.54, 1.807) is 0 Å². The van der Waals surface area contributed by atoms with Crippen molar-refractivity contribution in [2.45, 2.75) is 213 Å². The zero-order valence-corrected chi connectivity index (χ0v) is 26.7. The van der Waals surface area contributed by atoms with E-state index >= 15 is 0 Å². The molecule has 3 nitrogen and oxygen atoms in total. The van der Waals surface area contributed by atoms with E-state index < -0.39 is 5.97 Å². The van der Waals surface area contributed by atoms with Crippen molar-refractivity contribution in [3.05, 3.63) is 0 Å². The molecule has 0 aliphatic carbocycles. The zero-order valence-electron chi connectivity index (χ0n) is 26.7. The molecule has 0 aliphatic rings. The summed E-state index contributed by atoms with van der Waals surface area (Å²) in [4.78, 5) is 23.5. The number of carboxylic acids is 1. The molecule has 0 N–H and O–H groups in total. The Kier molecular flexibility index (Phi) is 31.0. The lowest BCUT2D eigenvalue weighted by Gasteiger charge is -2.16. The second kappa shape index (κ2) is 31.7. The third-order valence-corrected chi connectivity index (χ3v) is 8.57. The van der Waals surface area contributed by atoms with Crippen LogP contribution in [0, 0.1) is 5.92 Å². The van der Waals surface area contributed by atoms with Crippen LogP contribution in [0.5, 0.6) is 0 Å². The molecule has 232 valence electrons. The normalized spacial score (nSPS) is 12.2. The van der Waals surface area contributed by atoms with Crippen LogP contribution in [0.15, 0.2) is 0 Å². The van der Waals surface area contributed by atoms with Crippen LogP contribution in [0.2, 0.25) is 0 Å². The molecular formula is C36H69O3-. The zero-order chi connectivity index (χ0) is 28.7. The van der Waals surface area contributed by atoms with Gasteiger partial charge < -0.3 is 9.90 Å². The van der Waals surface area contributed by atoms with E-state index in [1.165, 1.54) is 148 Å². The summed E-state index contributed by atoms with van der Waals surface area (Å²) in [7, 11) is 0. The molecule has 0 radical (unpaired) electrons. The molecule has 1 unspecified atom stereocenters. The minimum atomic E-state index is -0.923. The summed E-state index contributed by atoms with van der Waals surface area (Å²) < 4.78 is 0. The quantitative estimate of drug-likeness (QED) is 0.0765. The molecular weight excluding hydrogens is 480 g/mol. The first kappa shape index (κ1) is 38.1. The van der Waals surface area contributed by atoms with Crippen molar-refractivity contribution in [1.82, 2.24) is 0 Å². The minimum absolute atomic E-state index is 0.201. The molecule has 3 heteroatoms. The average Bonchev–Trinajstić information content (AvgIpc) is 2.92. The van der Waals surface area contributed by atoms with Crippen LogP contribution in [-0.4, -0.2) is 11.8 Å². The monoisotopic (exact) mass is 550 g/mol. The van der Waals surface area contributed by atoms with E-state index in [9.17, 15) is 14.7 Å². The Balaban J connectivity index is 3.80. The molecule has 0 fully saturated rings. The van der Waals surface area contributed by atoms with Crippen LogP contribution < -0.4 is 5.11 Å². The second-order valence-electron chi connectivity index (χ2n) is 12.5. The van der Waals surface area contributed by atoms with Gasteiger partial charge in [0.05, 0.1) is 0 Å². The largest absolute Gasteiger partial charge is 0.550 e. The van der Waals surface area contributed by atoms with Gasteiger partial charge in [0.15, 0.2) is 0 Å². The smallest absolute Gasteiger partial charge is 0.135 e. The number of unbranched alkanes of at least 4 members (excludes halogenated alkanes) is 24. The van der Waals surface area contributed by atoms with Gasteiger partial charge in [0, 0.05) is 18.3 Å². The molecule has 0 bridgehead atoms. The lowest BCUT2D eigenvalue weighted by molar-refractivity contribution is -0.305. The highest BCUT2D eigenvalue weighted by atomic mass is 16.4. The second-order valence-corrected chi connectivity index (χ2v) is 12.5. The molecule has 0 aromatic heterocycles. The number of carbonyl (C=O) groups excluding carboxylic acids is 2. The molecule has 0 aliphatic heterocycles. The van der Waals surface area contributed by atoms with Gasteiger partial charge in [-0.25, -0.2) is 0 Å². The van der Waals surface area contributed by atoms with Crippen LogP contribution in [0.25, 0.3) is 0 Å². The lowest BCUT2D eigenvalue weighted by atomic mass is 9.88. The molecule has 0 rings (SSSR count). The Bertz CT molecular complexity index is 515. The van der Waals surface area contributed by atoms with Gasteiger partial charge in [0.1, 0.15) is 5.78 Å². The van der Waals surface area contributed by atoms with Gasteiger partial charge in [-0.2, -0.15) is 0 Å². The Labute approximate surface area is 245 Å². The van der Waals surface area contributed by atoms with Gasteiger partial charge in [-0.3, -0.25) is 4.79 Å². The van der Waals surface area contributed by atoms with Crippen molar-refractivity contribution in [2.75, 3.05) is 0 Å². The van der Waals surface area contributed by atoms with Gasteiger partial charge in [-0.05, 0) is 32.1 Å².